The highest BCUT2D eigenvalue weighted by Gasteiger charge is 2.25. The first-order valence-electron chi connectivity index (χ1n) is 10.4. The number of nitrogens with zero attached hydrogens (tertiary/aromatic N) is 3. The number of aryl methyl sites for hydroxylation is 1. The molecule has 2 aromatic rings. The Balaban J connectivity index is 1.76. The molecule has 0 N–H and O–H groups in total. The molecule has 1 saturated heterocycles. The molecule has 0 saturated carbocycles. The predicted molar refractivity (Wildman–Crippen MR) is 115 cm³/mol. The van der Waals surface area contributed by atoms with Crippen LogP contribution in [0.1, 0.15) is 28.8 Å². The Morgan fingerprint density at radius 1 is 1.27 bits per heavy atom. The molecule has 0 bridgehead atoms. The number of halogens is 1. The van der Waals surface area contributed by atoms with Gasteiger partial charge in [0.1, 0.15) is 11.4 Å². The molecule has 1 fully saturated rings. The number of aromatic nitrogens is 1. The number of likely N-dealkylation sites (tertiary alicyclic amines) is 1. The van der Waals surface area contributed by atoms with E-state index in [0.717, 1.165) is 32.5 Å². The maximum atomic E-state index is 13.2. The standard InChI is InChI=1S/C23H30FN3O3/c1-17-10-12-27(20-8-6-19(24)7-9-20)23(29)21(17)22(28)25(2)15-18-5-4-11-26(16-18)13-14-30-3/h6-10,12,18H,4-5,11,13-16H2,1-3H3. The van der Waals surface area contributed by atoms with Gasteiger partial charge in [0, 0.05) is 45.7 Å². The molecule has 0 aliphatic carbocycles. The molecule has 2 heterocycles. The number of hydrogen-bond donors (Lipinski definition) is 0. The van der Waals surface area contributed by atoms with E-state index in [2.05, 4.69) is 4.90 Å². The molecule has 0 radical (unpaired) electrons. The van der Waals surface area contributed by atoms with Crippen LogP contribution in [0, 0.1) is 18.7 Å². The van der Waals surface area contributed by atoms with E-state index in [4.69, 9.17) is 4.74 Å². The number of amides is 1. The number of methoxy groups -OCH3 is 1. The molecule has 1 aromatic carbocycles. The summed E-state index contributed by atoms with van der Waals surface area (Å²) in [5, 5.41) is 0. The Kier molecular flexibility index (Phi) is 7.39. The molecule has 1 aliphatic heterocycles. The van der Waals surface area contributed by atoms with Gasteiger partial charge in [-0.25, -0.2) is 4.39 Å². The molecule has 7 heteroatoms. The van der Waals surface area contributed by atoms with Gasteiger partial charge >= 0.3 is 0 Å². The molecule has 1 amide bonds. The zero-order valence-corrected chi connectivity index (χ0v) is 17.9. The van der Waals surface area contributed by atoms with Crippen LogP contribution in [-0.2, 0) is 4.74 Å². The third-order valence-corrected chi connectivity index (χ3v) is 5.71. The van der Waals surface area contributed by atoms with Gasteiger partial charge in [-0.1, -0.05) is 0 Å². The van der Waals surface area contributed by atoms with E-state index in [1.165, 1.54) is 28.8 Å². The molecule has 30 heavy (non-hydrogen) atoms. The average molecular weight is 416 g/mol. The minimum Gasteiger partial charge on any atom is -0.383 e. The fourth-order valence-electron chi connectivity index (χ4n) is 4.08. The summed E-state index contributed by atoms with van der Waals surface area (Å²) in [4.78, 5) is 30.3. The van der Waals surface area contributed by atoms with Crippen molar-refractivity contribution in [2.24, 2.45) is 5.92 Å². The highest BCUT2D eigenvalue weighted by Crippen LogP contribution is 2.18. The predicted octanol–water partition coefficient (Wildman–Crippen LogP) is 2.72. The molecule has 1 aliphatic rings. The zero-order chi connectivity index (χ0) is 21.7. The summed E-state index contributed by atoms with van der Waals surface area (Å²) in [5.41, 5.74) is 0.944. The fourth-order valence-corrected chi connectivity index (χ4v) is 4.08. The summed E-state index contributed by atoms with van der Waals surface area (Å²) in [6.45, 7) is 5.95. The lowest BCUT2D eigenvalue weighted by Crippen LogP contribution is -2.43. The minimum atomic E-state index is -0.385. The maximum Gasteiger partial charge on any atom is 0.268 e. The molecule has 1 atom stereocenters. The number of piperidine rings is 1. The van der Waals surface area contributed by atoms with Crippen molar-refractivity contribution in [2.75, 3.05) is 46.9 Å². The Morgan fingerprint density at radius 3 is 2.70 bits per heavy atom. The van der Waals surface area contributed by atoms with E-state index in [0.29, 0.717) is 30.3 Å². The van der Waals surface area contributed by atoms with Gasteiger partial charge in [0.05, 0.1) is 6.61 Å². The van der Waals surface area contributed by atoms with Crippen molar-refractivity contribution in [3.63, 3.8) is 0 Å². The van der Waals surface area contributed by atoms with Crippen LogP contribution in [0.2, 0.25) is 0 Å². The topological polar surface area (TPSA) is 54.8 Å². The van der Waals surface area contributed by atoms with Gasteiger partial charge in [-0.05, 0) is 68.1 Å². The normalized spacial score (nSPS) is 17.1. The highest BCUT2D eigenvalue weighted by atomic mass is 19.1. The number of pyridine rings is 1. The smallest absolute Gasteiger partial charge is 0.268 e. The number of carbonyl (C=O) groups is 1. The van der Waals surface area contributed by atoms with Gasteiger partial charge in [-0.2, -0.15) is 0 Å². The first kappa shape index (κ1) is 22.2. The van der Waals surface area contributed by atoms with Crippen molar-refractivity contribution in [2.45, 2.75) is 19.8 Å². The van der Waals surface area contributed by atoms with E-state index in [1.54, 1.807) is 38.2 Å². The second kappa shape index (κ2) is 10.00. The van der Waals surface area contributed by atoms with Crippen LogP contribution in [0.3, 0.4) is 0 Å². The lowest BCUT2D eigenvalue weighted by molar-refractivity contribution is 0.0700. The van der Waals surface area contributed by atoms with Crippen molar-refractivity contribution in [1.29, 1.82) is 0 Å². The number of rotatable bonds is 7. The molecule has 1 unspecified atom stereocenters. The largest absolute Gasteiger partial charge is 0.383 e. The summed E-state index contributed by atoms with van der Waals surface area (Å²) in [7, 11) is 3.46. The van der Waals surface area contributed by atoms with Crippen LogP contribution in [0.25, 0.3) is 5.69 Å². The van der Waals surface area contributed by atoms with Crippen molar-refractivity contribution >= 4 is 5.91 Å². The lowest BCUT2D eigenvalue weighted by Gasteiger charge is -2.34. The van der Waals surface area contributed by atoms with E-state index in [1.807, 2.05) is 0 Å². The van der Waals surface area contributed by atoms with Gasteiger partial charge in [0.15, 0.2) is 0 Å². The maximum absolute atomic E-state index is 13.2. The molecule has 162 valence electrons. The monoisotopic (exact) mass is 415 g/mol. The first-order chi connectivity index (χ1) is 14.4. The quantitative estimate of drug-likeness (QED) is 0.698. The third-order valence-electron chi connectivity index (χ3n) is 5.71. The summed E-state index contributed by atoms with van der Waals surface area (Å²) < 4.78 is 19.8. The second-order valence-corrected chi connectivity index (χ2v) is 8.01. The third kappa shape index (κ3) is 5.15. The molecule has 1 aromatic heterocycles. The van der Waals surface area contributed by atoms with Crippen LogP contribution in [0.5, 0.6) is 0 Å². The summed E-state index contributed by atoms with van der Waals surface area (Å²) in [6.07, 6.45) is 3.78. The summed E-state index contributed by atoms with van der Waals surface area (Å²) >= 11 is 0. The van der Waals surface area contributed by atoms with Crippen molar-refractivity contribution in [3.05, 3.63) is 63.8 Å². The average Bonchev–Trinajstić information content (AvgIpc) is 2.73. The number of benzene rings is 1. The van der Waals surface area contributed by atoms with Gasteiger partial charge < -0.3 is 14.5 Å². The van der Waals surface area contributed by atoms with Crippen molar-refractivity contribution in [1.82, 2.24) is 14.4 Å². The van der Waals surface area contributed by atoms with Gasteiger partial charge in [0.25, 0.3) is 11.5 Å². The van der Waals surface area contributed by atoms with Crippen LogP contribution in [0.4, 0.5) is 4.39 Å². The van der Waals surface area contributed by atoms with E-state index >= 15 is 0 Å². The van der Waals surface area contributed by atoms with E-state index in [9.17, 15) is 14.0 Å². The van der Waals surface area contributed by atoms with Gasteiger partial charge in [-0.3, -0.25) is 14.2 Å². The van der Waals surface area contributed by atoms with Gasteiger partial charge in [0.2, 0.25) is 0 Å². The van der Waals surface area contributed by atoms with Crippen molar-refractivity contribution in [3.8, 4) is 5.69 Å². The molecular formula is C23H30FN3O3. The van der Waals surface area contributed by atoms with E-state index in [-0.39, 0.29) is 22.8 Å². The first-order valence-corrected chi connectivity index (χ1v) is 10.4. The number of ether oxygens (including phenoxy) is 1. The van der Waals surface area contributed by atoms with E-state index < -0.39 is 0 Å². The number of hydrogen-bond acceptors (Lipinski definition) is 4. The second-order valence-electron chi connectivity index (χ2n) is 8.01. The highest BCUT2D eigenvalue weighted by molar-refractivity contribution is 5.95. The summed E-state index contributed by atoms with van der Waals surface area (Å²) in [5.74, 6) is -0.280. The Morgan fingerprint density at radius 2 is 2.00 bits per heavy atom. The SMILES string of the molecule is COCCN1CCCC(CN(C)C(=O)c2c(C)ccn(-c3ccc(F)cc3)c2=O)C1. The molecule has 0 spiro atoms. The molecular weight excluding hydrogens is 385 g/mol. The van der Waals surface area contributed by atoms with Gasteiger partial charge in [-0.15, -0.1) is 0 Å². The molecule has 6 nitrogen and oxygen atoms in total. The Bertz CT molecular complexity index is 926. The lowest BCUT2D eigenvalue weighted by atomic mass is 9.97. The van der Waals surface area contributed by atoms with Crippen LogP contribution >= 0.6 is 0 Å². The van der Waals surface area contributed by atoms with Crippen molar-refractivity contribution < 1.29 is 13.9 Å². The Hall–Kier alpha value is -2.51. The Labute approximate surface area is 176 Å². The van der Waals surface area contributed by atoms with Crippen LogP contribution < -0.4 is 5.56 Å². The summed E-state index contributed by atoms with van der Waals surface area (Å²) in [6, 6.07) is 7.40. The van der Waals surface area contributed by atoms with Crippen LogP contribution in [0.15, 0.2) is 41.3 Å². The minimum absolute atomic E-state index is 0.163. The fraction of sp³-hybridized carbons (Fsp3) is 0.478. The zero-order valence-electron chi connectivity index (χ0n) is 17.9. The molecule has 3 rings (SSSR count). The van der Waals surface area contributed by atoms with Crippen LogP contribution in [-0.4, -0.2) is 67.2 Å². The number of carbonyl (C=O) groups excluding carboxylic acids is 1.